The van der Waals surface area contributed by atoms with Crippen LogP contribution in [0.4, 0.5) is 11.8 Å². The molecule has 0 amide bonds. The van der Waals surface area contributed by atoms with Crippen LogP contribution in [0.1, 0.15) is 56.2 Å². The summed E-state index contributed by atoms with van der Waals surface area (Å²) >= 11 is 0. The Bertz CT molecular complexity index is 1170. The number of aliphatic hydroxyl groups excluding tert-OH is 1. The summed E-state index contributed by atoms with van der Waals surface area (Å²) in [6.07, 6.45) is 8.47. The number of rotatable bonds is 13. The average Bonchev–Trinajstić information content (AvgIpc) is 3.30. The number of nitrogens with one attached hydrogen (secondary N) is 1. The zero-order valence-electron chi connectivity index (χ0n) is 23.2. The van der Waals surface area contributed by atoms with Crippen molar-refractivity contribution in [2.24, 2.45) is 0 Å². The van der Waals surface area contributed by atoms with Gasteiger partial charge in [-0.25, -0.2) is 4.98 Å². The van der Waals surface area contributed by atoms with Crippen LogP contribution in [0.25, 0.3) is 11.0 Å². The van der Waals surface area contributed by atoms with E-state index in [1.54, 1.807) is 13.3 Å². The van der Waals surface area contributed by atoms with Crippen molar-refractivity contribution in [2.75, 3.05) is 65.0 Å². The van der Waals surface area contributed by atoms with Crippen molar-refractivity contribution in [3.8, 4) is 5.75 Å². The van der Waals surface area contributed by atoms with Crippen LogP contribution in [0.15, 0.2) is 18.5 Å². The van der Waals surface area contributed by atoms with Gasteiger partial charge >= 0.3 is 0 Å². The largest absolute Gasteiger partial charge is 0.495 e. The van der Waals surface area contributed by atoms with Crippen LogP contribution < -0.4 is 15.8 Å². The van der Waals surface area contributed by atoms with E-state index in [-0.39, 0.29) is 18.6 Å². The molecule has 0 radical (unpaired) electrons. The van der Waals surface area contributed by atoms with E-state index in [9.17, 15) is 5.11 Å². The molecule has 0 bridgehead atoms. The summed E-state index contributed by atoms with van der Waals surface area (Å²) in [5.41, 5.74) is 9.45. The number of hydrogen-bond acceptors (Lipinski definition) is 10. The number of aromatic nitrogens is 5. The highest BCUT2D eigenvalue weighted by Gasteiger charge is 2.23. The van der Waals surface area contributed by atoms with Crippen molar-refractivity contribution in [1.82, 2.24) is 34.5 Å². The lowest BCUT2D eigenvalue weighted by Gasteiger charge is -2.32. The average molecular weight is 526 g/mol. The third-order valence-electron chi connectivity index (χ3n) is 7.35. The van der Waals surface area contributed by atoms with Crippen LogP contribution in [0.5, 0.6) is 5.75 Å². The number of hydrogen-bond donors (Lipinski definition) is 3. The van der Waals surface area contributed by atoms with Crippen LogP contribution in [0.2, 0.25) is 0 Å². The smallest absolute Gasteiger partial charge is 0.222 e. The normalized spacial score (nSPS) is 15.8. The minimum Gasteiger partial charge on any atom is -0.495 e. The summed E-state index contributed by atoms with van der Waals surface area (Å²) < 4.78 is 7.63. The van der Waals surface area contributed by atoms with Crippen molar-refractivity contribution in [1.29, 1.82) is 0 Å². The second kappa shape index (κ2) is 13.2. The molecule has 0 unspecified atom stereocenters. The number of pyridine rings is 1. The SMILES string of the molecule is CCC[C@@H](CCO)Nc1nc(N)nc2cnn(Cc3ncc(C4CCN(CCN(C)C)CC4)cc3OC)c12. The Morgan fingerprint density at radius 1 is 1.21 bits per heavy atom. The molecule has 4 heterocycles. The standard InChI is InChI=1S/C27H43N9O2/c1-5-6-21(9-14-37)31-26-25-22(32-27(28)33-26)17-30-36(25)18-23-24(38-4)15-20(16-29-23)19-7-10-35(11-8-19)13-12-34(2)3/h15-17,19,21,37H,5-14,18H2,1-4H3,(H3,28,31,32,33)/t21-/m0/s1. The van der Waals surface area contributed by atoms with Crippen molar-refractivity contribution in [3.63, 3.8) is 0 Å². The maximum atomic E-state index is 9.51. The molecule has 4 rings (SSSR count). The highest BCUT2D eigenvalue weighted by atomic mass is 16.5. The summed E-state index contributed by atoms with van der Waals surface area (Å²) in [6, 6.07) is 2.22. The molecule has 1 saturated heterocycles. The molecule has 208 valence electrons. The fourth-order valence-electron chi connectivity index (χ4n) is 5.20. The summed E-state index contributed by atoms with van der Waals surface area (Å²) in [5, 5.41) is 17.6. The summed E-state index contributed by atoms with van der Waals surface area (Å²) in [5.74, 6) is 2.05. The number of nitrogens with zero attached hydrogens (tertiary/aromatic N) is 7. The number of piperidine rings is 1. The van der Waals surface area contributed by atoms with E-state index in [1.807, 2.05) is 10.9 Å². The van der Waals surface area contributed by atoms with Gasteiger partial charge in [-0.3, -0.25) is 9.67 Å². The quantitative estimate of drug-likeness (QED) is 0.306. The number of fused-ring (bicyclic) bond motifs is 1. The van der Waals surface area contributed by atoms with Gasteiger partial charge in [-0.15, -0.1) is 0 Å². The Labute approximate surface area is 225 Å². The molecule has 1 atom stereocenters. The zero-order chi connectivity index (χ0) is 27.1. The number of nitrogens with two attached hydrogens (primary N) is 1. The third-order valence-corrected chi connectivity index (χ3v) is 7.35. The number of likely N-dealkylation sites (N-methyl/N-ethyl adjacent to an activating group) is 1. The molecule has 0 aromatic carbocycles. The summed E-state index contributed by atoms with van der Waals surface area (Å²) in [7, 11) is 5.94. The van der Waals surface area contributed by atoms with Crippen molar-refractivity contribution < 1.29 is 9.84 Å². The Kier molecular flexibility index (Phi) is 9.70. The molecule has 0 spiro atoms. The molecule has 3 aromatic rings. The number of likely N-dealkylation sites (tertiary alicyclic amines) is 1. The fourth-order valence-corrected chi connectivity index (χ4v) is 5.20. The van der Waals surface area contributed by atoms with E-state index in [2.05, 4.69) is 57.3 Å². The number of nitrogen functional groups attached to an aromatic ring is 1. The van der Waals surface area contributed by atoms with Gasteiger partial charge in [0.2, 0.25) is 5.95 Å². The molecule has 1 aliphatic rings. The minimum absolute atomic E-state index is 0.0760. The predicted octanol–water partition coefficient (Wildman–Crippen LogP) is 2.56. The van der Waals surface area contributed by atoms with E-state index in [4.69, 9.17) is 15.5 Å². The lowest BCUT2D eigenvalue weighted by molar-refractivity contribution is 0.193. The summed E-state index contributed by atoms with van der Waals surface area (Å²) in [6.45, 7) is 7.05. The monoisotopic (exact) mass is 525 g/mol. The van der Waals surface area contributed by atoms with Crippen LogP contribution in [-0.4, -0.2) is 99.7 Å². The van der Waals surface area contributed by atoms with Crippen LogP contribution >= 0.6 is 0 Å². The molecule has 11 nitrogen and oxygen atoms in total. The molecular weight excluding hydrogens is 482 g/mol. The Balaban J connectivity index is 1.53. The lowest BCUT2D eigenvalue weighted by atomic mass is 9.90. The molecule has 0 aliphatic carbocycles. The molecule has 4 N–H and O–H groups in total. The molecule has 3 aromatic heterocycles. The van der Waals surface area contributed by atoms with Crippen LogP contribution in [-0.2, 0) is 6.54 Å². The highest BCUT2D eigenvalue weighted by molar-refractivity contribution is 5.86. The van der Waals surface area contributed by atoms with E-state index in [0.29, 0.717) is 30.2 Å². The van der Waals surface area contributed by atoms with Gasteiger partial charge in [0.05, 0.1) is 19.9 Å². The minimum atomic E-state index is 0.0760. The van der Waals surface area contributed by atoms with E-state index in [1.165, 1.54) is 5.56 Å². The van der Waals surface area contributed by atoms with Crippen LogP contribution in [0.3, 0.4) is 0 Å². The van der Waals surface area contributed by atoms with Gasteiger partial charge in [-0.05, 0) is 70.4 Å². The first-order valence-corrected chi connectivity index (χ1v) is 13.7. The second-order valence-electron chi connectivity index (χ2n) is 10.4. The molecule has 38 heavy (non-hydrogen) atoms. The molecule has 11 heteroatoms. The lowest BCUT2D eigenvalue weighted by Crippen LogP contribution is -2.37. The first kappa shape index (κ1) is 28.0. The van der Waals surface area contributed by atoms with E-state index in [0.717, 1.165) is 68.8 Å². The molecular formula is C27H43N9O2. The summed E-state index contributed by atoms with van der Waals surface area (Å²) in [4.78, 5) is 18.5. The third kappa shape index (κ3) is 6.89. The van der Waals surface area contributed by atoms with Gasteiger partial charge in [0.1, 0.15) is 22.5 Å². The van der Waals surface area contributed by atoms with Crippen molar-refractivity contribution in [3.05, 3.63) is 29.7 Å². The number of anilines is 2. The Morgan fingerprint density at radius 2 is 2.00 bits per heavy atom. The Hall–Kier alpha value is -3.02. The second-order valence-corrected chi connectivity index (χ2v) is 10.4. The maximum Gasteiger partial charge on any atom is 0.222 e. The molecule has 1 fully saturated rings. The maximum absolute atomic E-state index is 9.51. The van der Waals surface area contributed by atoms with Gasteiger partial charge < -0.3 is 30.7 Å². The van der Waals surface area contributed by atoms with Gasteiger partial charge in [0.25, 0.3) is 0 Å². The highest BCUT2D eigenvalue weighted by Crippen LogP contribution is 2.32. The molecule has 0 saturated carbocycles. The first-order valence-electron chi connectivity index (χ1n) is 13.7. The van der Waals surface area contributed by atoms with Gasteiger partial charge in [0, 0.05) is 31.9 Å². The molecule has 1 aliphatic heterocycles. The van der Waals surface area contributed by atoms with Gasteiger partial charge in [0.15, 0.2) is 5.82 Å². The van der Waals surface area contributed by atoms with Crippen molar-refractivity contribution in [2.45, 2.75) is 57.5 Å². The van der Waals surface area contributed by atoms with E-state index >= 15 is 0 Å². The number of ether oxygens (including phenoxy) is 1. The number of aliphatic hydroxyl groups is 1. The van der Waals surface area contributed by atoms with Crippen LogP contribution in [0, 0.1) is 0 Å². The zero-order valence-corrected chi connectivity index (χ0v) is 23.2. The van der Waals surface area contributed by atoms with E-state index < -0.39 is 0 Å². The fraction of sp³-hybridized carbons (Fsp3) is 0.630. The Morgan fingerprint density at radius 3 is 2.68 bits per heavy atom. The van der Waals surface area contributed by atoms with Gasteiger partial charge in [-0.1, -0.05) is 13.3 Å². The first-order chi connectivity index (χ1) is 18.4. The van der Waals surface area contributed by atoms with Gasteiger partial charge in [-0.2, -0.15) is 10.1 Å². The number of methoxy groups -OCH3 is 1. The van der Waals surface area contributed by atoms with Crippen molar-refractivity contribution >= 4 is 22.8 Å². The predicted molar refractivity (Wildman–Crippen MR) is 151 cm³/mol. The topological polar surface area (TPSA) is 130 Å².